The SMILES string of the molecule is COc1cccc(Oc2coc3c(CN(CC(C)C)CC(C)C)c(O)ccc3c2=O)c1. The van der Waals surface area contributed by atoms with Gasteiger partial charge in [-0.3, -0.25) is 9.69 Å². The number of hydrogen-bond donors (Lipinski definition) is 1. The zero-order valence-electron chi connectivity index (χ0n) is 18.8. The molecule has 166 valence electrons. The fourth-order valence-corrected chi connectivity index (χ4v) is 3.70. The second kappa shape index (κ2) is 9.88. The fourth-order valence-electron chi connectivity index (χ4n) is 3.70. The van der Waals surface area contributed by atoms with Crippen LogP contribution in [-0.2, 0) is 6.54 Å². The molecule has 0 unspecified atom stereocenters. The zero-order valence-corrected chi connectivity index (χ0v) is 18.8. The van der Waals surface area contributed by atoms with Crippen LogP contribution in [0.3, 0.4) is 0 Å². The second-order valence-electron chi connectivity index (χ2n) is 8.63. The monoisotopic (exact) mass is 425 g/mol. The van der Waals surface area contributed by atoms with Crippen molar-refractivity contribution in [2.45, 2.75) is 34.2 Å². The predicted octanol–water partition coefficient (Wildman–Crippen LogP) is 5.41. The molecule has 1 N–H and O–H groups in total. The molecule has 1 heterocycles. The number of methoxy groups -OCH3 is 1. The van der Waals surface area contributed by atoms with Crippen molar-refractivity contribution in [3.63, 3.8) is 0 Å². The zero-order chi connectivity index (χ0) is 22.5. The van der Waals surface area contributed by atoms with Crippen molar-refractivity contribution in [1.82, 2.24) is 4.90 Å². The fraction of sp³-hybridized carbons (Fsp3) is 0.400. The summed E-state index contributed by atoms with van der Waals surface area (Å²) in [7, 11) is 1.57. The Morgan fingerprint density at radius 3 is 2.35 bits per heavy atom. The Morgan fingerprint density at radius 1 is 1.03 bits per heavy atom. The van der Waals surface area contributed by atoms with Gasteiger partial charge in [-0.15, -0.1) is 0 Å². The summed E-state index contributed by atoms with van der Waals surface area (Å²) in [5, 5.41) is 10.9. The molecule has 0 spiro atoms. The minimum Gasteiger partial charge on any atom is -0.507 e. The average molecular weight is 426 g/mol. The number of nitrogens with zero attached hydrogens (tertiary/aromatic N) is 1. The molecule has 6 nitrogen and oxygen atoms in total. The average Bonchev–Trinajstić information content (AvgIpc) is 2.71. The Hall–Kier alpha value is -2.99. The minimum atomic E-state index is -0.287. The number of phenolic OH excluding ortho intramolecular Hbond substituents is 1. The molecule has 2 aromatic carbocycles. The van der Waals surface area contributed by atoms with E-state index in [1.54, 1.807) is 43.5 Å². The van der Waals surface area contributed by atoms with Gasteiger partial charge in [0.1, 0.15) is 29.1 Å². The molecule has 0 fully saturated rings. The number of fused-ring (bicyclic) bond motifs is 1. The summed E-state index contributed by atoms with van der Waals surface area (Å²) in [6.07, 6.45) is 1.31. The molecule has 1 aromatic heterocycles. The molecule has 0 bridgehead atoms. The van der Waals surface area contributed by atoms with Crippen molar-refractivity contribution < 1.29 is 19.0 Å². The molecule has 3 rings (SSSR count). The highest BCUT2D eigenvalue weighted by atomic mass is 16.5. The molecule has 0 aliphatic rings. The van der Waals surface area contributed by atoms with Crippen LogP contribution in [0, 0.1) is 11.8 Å². The van der Waals surface area contributed by atoms with Crippen molar-refractivity contribution in [3.05, 3.63) is 58.4 Å². The van der Waals surface area contributed by atoms with Crippen molar-refractivity contribution in [2.75, 3.05) is 20.2 Å². The maximum absolute atomic E-state index is 13.1. The molecule has 31 heavy (non-hydrogen) atoms. The Bertz CT molecular complexity index is 1080. The lowest BCUT2D eigenvalue weighted by molar-refractivity contribution is 0.209. The first-order valence-corrected chi connectivity index (χ1v) is 10.6. The number of aromatic hydroxyl groups is 1. The Kier molecular flexibility index (Phi) is 7.23. The normalized spacial score (nSPS) is 11.6. The van der Waals surface area contributed by atoms with E-state index in [-0.39, 0.29) is 16.9 Å². The third-order valence-corrected chi connectivity index (χ3v) is 4.89. The minimum absolute atomic E-state index is 0.0820. The van der Waals surface area contributed by atoms with Crippen molar-refractivity contribution in [1.29, 1.82) is 0 Å². The van der Waals surface area contributed by atoms with Crippen LogP contribution < -0.4 is 14.9 Å². The predicted molar refractivity (Wildman–Crippen MR) is 122 cm³/mol. The highest BCUT2D eigenvalue weighted by molar-refractivity contribution is 5.83. The topological polar surface area (TPSA) is 72.1 Å². The van der Waals surface area contributed by atoms with E-state index in [0.717, 1.165) is 13.1 Å². The third kappa shape index (κ3) is 5.58. The molecule has 0 saturated carbocycles. The molecule has 0 aliphatic heterocycles. The van der Waals surface area contributed by atoms with Gasteiger partial charge in [0.25, 0.3) is 0 Å². The molecular weight excluding hydrogens is 394 g/mol. The van der Waals surface area contributed by atoms with Crippen LogP contribution in [0.4, 0.5) is 0 Å². The molecule has 6 heteroatoms. The lowest BCUT2D eigenvalue weighted by Crippen LogP contribution is -2.31. The second-order valence-corrected chi connectivity index (χ2v) is 8.63. The summed E-state index contributed by atoms with van der Waals surface area (Å²) in [6, 6.07) is 10.1. The van der Waals surface area contributed by atoms with Gasteiger partial charge in [-0.05, 0) is 36.1 Å². The van der Waals surface area contributed by atoms with E-state index in [1.807, 2.05) is 0 Å². The van der Waals surface area contributed by atoms with Gasteiger partial charge in [0, 0.05) is 25.7 Å². The van der Waals surface area contributed by atoms with Crippen LogP contribution in [0.2, 0.25) is 0 Å². The maximum Gasteiger partial charge on any atom is 0.235 e. The quantitative estimate of drug-likeness (QED) is 0.494. The van der Waals surface area contributed by atoms with Crippen LogP contribution in [0.25, 0.3) is 11.0 Å². The number of ether oxygens (including phenoxy) is 2. The molecule has 0 radical (unpaired) electrons. The number of rotatable bonds is 9. The molecule has 0 saturated heterocycles. The van der Waals surface area contributed by atoms with Gasteiger partial charge in [-0.25, -0.2) is 0 Å². The van der Waals surface area contributed by atoms with Gasteiger partial charge in [-0.2, -0.15) is 0 Å². The summed E-state index contributed by atoms with van der Waals surface area (Å²) in [5.41, 5.74) is 0.717. The van der Waals surface area contributed by atoms with Crippen LogP contribution in [0.5, 0.6) is 23.0 Å². The van der Waals surface area contributed by atoms with Crippen LogP contribution in [0.1, 0.15) is 33.3 Å². The standard InChI is InChI=1S/C25H31NO5/c1-16(2)12-26(13-17(3)4)14-21-22(27)10-9-20-24(28)23(15-30-25(20)21)31-19-8-6-7-18(11-19)29-5/h6-11,15-17,27H,12-14H2,1-5H3. The lowest BCUT2D eigenvalue weighted by Gasteiger charge is -2.26. The largest absolute Gasteiger partial charge is 0.507 e. The van der Waals surface area contributed by atoms with E-state index >= 15 is 0 Å². The molecular formula is C25H31NO5. The van der Waals surface area contributed by atoms with E-state index < -0.39 is 0 Å². The molecule has 0 atom stereocenters. The van der Waals surface area contributed by atoms with Crippen molar-refractivity contribution in [2.24, 2.45) is 11.8 Å². The van der Waals surface area contributed by atoms with Gasteiger partial charge in [0.05, 0.1) is 18.1 Å². The van der Waals surface area contributed by atoms with Crippen LogP contribution in [0.15, 0.2) is 51.9 Å². The first-order valence-electron chi connectivity index (χ1n) is 10.6. The Labute approximate surface area is 183 Å². The summed E-state index contributed by atoms with van der Waals surface area (Å²) in [6.45, 7) is 10.9. The molecule has 0 amide bonds. The lowest BCUT2D eigenvalue weighted by atomic mass is 10.1. The van der Waals surface area contributed by atoms with Crippen molar-refractivity contribution in [3.8, 4) is 23.0 Å². The summed E-state index contributed by atoms with van der Waals surface area (Å²) >= 11 is 0. The van der Waals surface area contributed by atoms with E-state index in [0.29, 0.717) is 46.4 Å². The summed E-state index contributed by atoms with van der Waals surface area (Å²) < 4.78 is 16.8. The van der Waals surface area contributed by atoms with E-state index in [9.17, 15) is 9.90 Å². The van der Waals surface area contributed by atoms with Gasteiger partial charge < -0.3 is 19.0 Å². The number of phenols is 1. The first-order chi connectivity index (χ1) is 14.8. The summed E-state index contributed by atoms with van der Waals surface area (Å²) in [5.74, 6) is 2.26. The number of hydrogen-bond acceptors (Lipinski definition) is 6. The molecule has 0 aliphatic carbocycles. The van der Waals surface area contributed by atoms with Gasteiger partial charge >= 0.3 is 0 Å². The highest BCUT2D eigenvalue weighted by Gasteiger charge is 2.19. The van der Waals surface area contributed by atoms with E-state index in [1.165, 1.54) is 6.26 Å². The summed E-state index contributed by atoms with van der Waals surface area (Å²) in [4.78, 5) is 15.4. The molecule has 3 aromatic rings. The maximum atomic E-state index is 13.1. The first kappa shape index (κ1) is 22.7. The smallest absolute Gasteiger partial charge is 0.235 e. The Morgan fingerprint density at radius 2 is 1.71 bits per heavy atom. The number of benzene rings is 2. The highest BCUT2D eigenvalue weighted by Crippen LogP contribution is 2.30. The third-order valence-electron chi connectivity index (χ3n) is 4.89. The van der Waals surface area contributed by atoms with Gasteiger partial charge in [0.2, 0.25) is 11.2 Å². The van der Waals surface area contributed by atoms with E-state index in [4.69, 9.17) is 13.9 Å². The Balaban J connectivity index is 1.97. The van der Waals surface area contributed by atoms with Crippen LogP contribution in [-0.4, -0.2) is 30.2 Å². The van der Waals surface area contributed by atoms with Gasteiger partial charge in [0.15, 0.2) is 0 Å². The van der Waals surface area contributed by atoms with Crippen LogP contribution >= 0.6 is 0 Å². The van der Waals surface area contributed by atoms with Crippen molar-refractivity contribution >= 4 is 11.0 Å². The van der Waals surface area contributed by atoms with Gasteiger partial charge in [-0.1, -0.05) is 33.8 Å². The van der Waals surface area contributed by atoms with E-state index in [2.05, 4.69) is 32.6 Å².